The van der Waals surface area contributed by atoms with E-state index < -0.39 is 5.97 Å². The summed E-state index contributed by atoms with van der Waals surface area (Å²) < 4.78 is 0. The van der Waals surface area contributed by atoms with Gasteiger partial charge in [0, 0.05) is 6.42 Å². The molecule has 0 fully saturated rings. The summed E-state index contributed by atoms with van der Waals surface area (Å²) in [5.41, 5.74) is 2.55. The monoisotopic (exact) mass is 252 g/mol. The van der Waals surface area contributed by atoms with Crippen LogP contribution in [0.2, 0.25) is 0 Å². The van der Waals surface area contributed by atoms with Crippen molar-refractivity contribution < 1.29 is 9.90 Å². The summed E-state index contributed by atoms with van der Waals surface area (Å²) in [7, 11) is 0. The summed E-state index contributed by atoms with van der Waals surface area (Å²) >= 11 is 0. The smallest absolute Gasteiger partial charge is 0.0184 e. The molecule has 18 heavy (non-hydrogen) atoms. The van der Waals surface area contributed by atoms with Gasteiger partial charge in [-0.05, 0) is 11.1 Å². The minimum absolute atomic E-state index is 0. The van der Waals surface area contributed by atoms with Gasteiger partial charge in [0.25, 0.3) is 0 Å². The molecule has 2 rings (SSSR count). The van der Waals surface area contributed by atoms with E-state index in [-0.39, 0.29) is 36.0 Å². The van der Waals surface area contributed by atoms with E-state index in [2.05, 4.69) is 48.5 Å². The number of hydrogen-bond donors (Lipinski definition) is 1. The van der Waals surface area contributed by atoms with Crippen LogP contribution >= 0.6 is 0 Å². The number of carbonyl (C=O) groups is 1. The maximum absolute atomic E-state index is 9.37. The molecule has 2 nitrogen and oxygen atoms in total. The van der Waals surface area contributed by atoms with Crippen molar-refractivity contribution in [1.29, 1.82) is 0 Å². The summed E-state index contributed by atoms with van der Waals surface area (Å²) in [6, 6.07) is 20.8. The van der Waals surface area contributed by atoms with Crippen molar-refractivity contribution in [3.8, 4) is 11.1 Å². The van der Waals surface area contributed by atoms with E-state index in [1.807, 2.05) is 12.1 Å². The summed E-state index contributed by atoms with van der Waals surface area (Å²) in [6.07, 6.45) is 0.222. The van der Waals surface area contributed by atoms with Gasteiger partial charge in [0.1, 0.15) is 0 Å². The number of hydrogen-bond acceptors (Lipinski definition) is 1. The first-order valence-corrected chi connectivity index (χ1v) is 5.56. The number of benzene rings is 2. The molecule has 0 amide bonds. The number of aliphatic carboxylic acids is 1. The summed E-state index contributed by atoms with van der Waals surface area (Å²) in [5, 5.41) is 7.72. The van der Waals surface area contributed by atoms with Gasteiger partial charge in [-0.1, -0.05) is 67.6 Å². The molecule has 90 valence electrons. The van der Waals surface area contributed by atoms with E-state index in [1.165, 1.54) is 11.1 Å². The second-order valence-electron chi connectivity index (χ2n) is 3.48. The number of carboxylic acid groups (broad SMARTS) is 1. The van der Waals surface area contributed by atoms with Crippen molar-refractivity contribution in [2.75, 3.05) is 0 Å². The van der Waals surface area contributed by atoms with Crippen LogP contribution in [0.3, 0.4) is 0 Å². The topological polar surface area (TPSA) is 37.3 Å². The Morgan fingerprint density at radius 1 is 0.889 bits per heavy atom. The van der Waals surface area contributed by atoms with Gasteiger partial charge >= 0.3 is 35.5 Å². The van der Waals surface area contributed by atoms with E-state index in [0.29, 0.717) is 0 Å². The third-order valence-corrected chi connectivity index (χ3v) is 2.18. The van der Waals surface area contributed by atoms with Gasteiger partial charge in [-0.2, -0.15) is 0 Å². The van der Waals surface area contributed by atoms with Gasteiger partial charge in [0.05, 0.1) is 0 Å². The Kier molecular flexibility index (Phi) is 9.29. The van der Waals surface area contributed by atoms with Crippen LogP contribution in [0.25, 0.3) is 11.1 Å². The average Bonchev–Trinajstić information content (AvgIpc) is 2.41. The van der Waals surface area contributed by atoms with Crippen molar-refractivity contribution >= 4 is 35.5 Å². The molecule has 0 aliphatic rings. The maximum atomic E-state index is 9.37. The molecule has 0 radical (unpaired) electrons. The SMILES string of the molecule is CCC(=O)O.[NaH].c1ccc(-c2ccccc2)cc1. The fraction of sp³-hybridized carbons (Fsp3) is 0.133. The first-order chi connectivity index (χ1) is 8.24. The zero-order valence-corrected chi connectivity index (χ0v) is 9.84. The minimum Gasteiger partial charge on any atom is -0.0622 e. The Balaban J connectivity index is 0.000000421. The van der Waals surface area contributed by atoms with Crippen LogP contribution in [-0.4, -0.2) is 40.6 Å². The molecule has 0 saturated carbocycles. The molecule has 0 heterocycles. The Bertz CT molecular complexity index is 403. The molecule has 0 unspecified atom stereocenters. The zero-order valence-electron chi connectivity index (χ0n) is 9.84. The molecule has 2 aromatic rings. The molecule has 0 saturated heterocycles. The second-order valence-corrected chi connectivity index (χ2v) is 3.48. The van der Waals surface area contributed by atoms with Crippen LogP contribution in [0.1, 0.15) is 13.3 Å². The number of rotatable bonds is 2. The fourth-order valence-electron chi connectivity index (χ4n) is 1.26. The van der Waals surface area contributed by atoms with Crippen LogP contribution in [0.4, 0.5) is 0 Å². The van der Waals surface area contributed by atoms with Crippen molar-refractivity contribution in [1.82, 2.24) is 0 Å². The van der Waals surface area contributed by atoms with Gasteiger partial charge in [-0.25, -0.2) is 0 Å². The molecule has 0 spiro atoms. The van der Waals surface area contributed by atoms with Crippen LogP contribution in [-0.2, 0) is 4.79 Å². The average molecular weight is 252 g/mol. The maximum Gasteiger partial charge on any atom is -0.0184 e. The van der Waals surface area contributed by atoms with Gasteiger partial charge < -0.3 is 5.11 Å². The fourth-order valence-corrected chi connectivity index (χ4v) is 1.26. The Morgan fingerprint density at radius 3 is 1.39 bits per heavy atom. The molecule has 0 atom stereocenters. The molecule has 0 bridgehead atoms. The van der Waals surface area contributed by atoms with Gasteiger partial charge in [0.2, 0.25) is 0 Å². The quantitative estimate of drug-likeness (QED) is 0.833. The molecular formula is C15H17NaO2. The number of carboxylic acids is 1. The minimum atomic E-state index is -0.745. The molecule has 3 heteroatoms. The van der Waals surface area contributed by atoms with Gasteiger partial charge in [-0.15, -0.1) is 0 Å². The molecule has 0 aromatic heterocycles. The third-order valence-electron chi connectivity index (χ3n) is 2.18. The van der Waals surface area contributed by atoms with Crippen LogP contribution < -0.4 is 0 Å². The van der Waals surface area contributed by atoms with Crippen molar-refractivity contribution in [2.45, 2.75) is 13.3 Å². The van der Waals surface area contributed by atoms with Crippen molar-refractivity contribution in [3.63, 3.8) is 0 Å². The first-order valence-electron chi connectivity index (χ1n) is 5.56. The molecule has 2 aromatic carbocycles. The Hall–Kier alpha value is -1.09. The van der Waals surface area contributed by atoms with E-state index in [4.69, 9.17) is 5.11 Å². The summed E-state index contributed by atoms with van der Waals surface area (Å²) in [4.78, 5) is 9.37. The molecule has 0 aliphatic heterocycles. The third kappa shape index (κ3) is 6.60. The normalized spacial score (nSPS) is 8.50. The van der Waals surface area contributed by atoms with E-state index >= 15 is 0 Å². The van der Waals surface area contributed by atoms with E-state index in [0.717, 1.165) is 0 Å². The Labute approximate surface area is 130 Å². The summed E-state index contributed by atoms with van der Waals surface area (Å²) in [6.45, 7) is 1.60. The molecule has 0 aliphatic carbocycles. The molecular weight excluding hydrogens is 235 g/mol. The first kappa shape index (κ1) is 16.9. The van der Waals surface area contributed by atoms with Crippen LogP contribution in [0, 0.1) is 0 Å². The van der Waals surface area contributed by atoms with Crippen LogP contribution in [0.5, 0.6) is 0 Å². The molecule has 1 N–H and O–H groups in total. The van der Waals surface area contributed by atoms with Crippen molar-refractivity contribution in [3.05, 3.63) is 60.7 Å². The standard InChI is InChI=1S/C12H10.C3H6O2.Na.H/c1-3-7-11(8-4-1)12-9-5-2-6-10-12;1-2-3(4)5;;/h1-10H;2H2,1H3,(H,4,5);;. The van der Waals surface area contributed by atoms with E-state index in [9.17, 15) is 4.79 Å². The van der Waals surface area contributed by atoms with Gasteiger partial charge in [0.15, 0.2) is 0 Å². The predicted octanol–water partition coefficient (Wildman–Crippen LogP) is 3.19. The second kappa shape index (κ2) is 9.89. The predicted molar refractivity (Wildman–Crippen MR) is 77.0 cm³/mol. The van der Waals surface area contributed by atoms with Crippen LogP contribution in [0.15, 0.2) is 60.7 Å². The van der Waals surface area contributed by atoms with Gasteiger partial charge in [-0.3, -0.25) is 4.79 Å². The summed E-state index contributed by atoms with van der Waals surface area (Å²) in [5.74, 6) is -0.745. The zero-order chi connectivity index (χ0) is 12.5. The Morgan fingerprint density at radius 2 is 1.17 bits per heavy atom. The van der Waals surface area contributed by atoms with Crippen molar-refractivity contribution in [2.24, 2.45) is 0 Å². The largest absolute Gasteiger partial charge is 0.0622 e. The van der Waals surface area contributed by atoms with E-state index in [1.54, 1.807) is 6.92 Å².